The van der Waals surface area contributed by atoms with Gasteiger partial charge in [0.25, 0.3) is 10.0 Å². The topological polar surface area (TPSA) is 86.8 Å². The standard InChI is InChI=1S/C30H34ClN3O4S/c1-23(30(36)32-26-13-7-3-8-14-26)33(21-24-11-5-2-6-12-24)29(35)22-34(27-19-17-25(31)18-20-27)39(37,38)28-15-9-4-10-16-28/h2,4-6,9-12,15-20,23,26H,3,7-8,13-14,21-22H2,1H3,(H,32,36)/t23-/m1/s1. The molecule has 206 valence electrons. The van der Waals surface area contributed by atoms with Gasteiger partial charge in [-0.15, -0.1) is 0 Å². The van der Waals surface area contributed by atoms with Crippen LogP contribution >= 0.6 is 11.6 Å². The summed E-state index contributed by atoms with van der Waals surface area (Å²) in [6, 6.07) is 22.9. The monoisotopic (exact) mass is 567 g/mol. The SMILES string of the molecule is C[C@H](C(=O)NC1CCCCC1)N(Cc1ccccc1)C(=O)CN(c1ccc(Cl)cc1)S(=O)(=O)c1ccccc1. The van der Waals surface area contributed by atoms with Crippen LogP contribution < -0.4 is 9.62 Å². The van der Waals surface area contributed by atoms with Crippen molar-refractivity contribution >= 4 is 39.1 Å². The van der Waals surface area contributed by atoms with Crippen LogP contribution in [0.3, 0.4) is 0 Å². The number of carbonyl (C=O) groups is 2. The van der Waals surface area contributed by atoms with Gasteiger partial charge in [-0.1, -0.05) is 79.4 Å². The lowest BCUT2D eigenvalue weighted by molar-refractivity contribution is -0.139. The van der Waals surface area contributed by atoms with E-state index in [1.165, 1.54) is 17.0 Å². The summed E-state index contributed by atoms with van der Waals surface area (Å²) >= 11 is 6.06. The summed E-state index contributed by atoms with van der Waals surface area (Å²) in [4.78, 5) is 28.8. The van der Waals surface area contributed by atoms with Crippen molar-refractivity contribution in [2.45, 2.75) is 62.6 Å². The van der Waals surface area contributed by atoms with Crippen LogP contribution in [-0.4, -0.2) is 43.8 Å². The molecule has 1 saturated carbocycles. The maximum atomic E-state index is 13.9. The molecular weight excluding hydrogens is 534 g/mol. The molecule has 9 heteroatoms. The number of hydrogen-bond acceptors (Lipinski definition) is 4. The van der Waals surface area contributed by atoms with Crippen molar-refractivity contribution in [2.75, 3.05) is 10.8 Å². The first-order chi connectivity index (χ1) is 18.8. The van der Waals surface area contributed by atoms with Gasteiger partial charge in [0.15, 0.2) is 0 Å². The number of hydrogen-bond donors (Lipinski definition) is 1. The number of sulfonamides is 1. The Balaban J connectivity index is 1.64. The molecule has 0 spiro atoms. The predicted molar refractivity (Wildman–Crippen MR) is 154 cm³/mol. The molecule has 0 saturated heterocycles. The lowest BCUT2D eigenvalue weighted by atomic mass is 9.95. The van der Waals surface area contributed by atoms with E-state index in [4.69, 9.17) is 11.6 Å². The molecule has 4 rings (SSSR count). The van der Waals surface area contributed by atoms with Gasteiger partial charge in [0, 0.05) is 17.6 Å². The molecule has 1 aliphatic rings. The first-order valence-corrected chi connectivity index (χ1v) is 15.0. The second kappa shape index (κ2) is 13.1. The minimum absolute atomic E-state index is 0.0606. The first kappa shape index (κ1) is 28.6. The molecule has 1 atom stereocenters. The smallest absolute Gasteiger partial charge is 0.264 e. The molecule has 3 aromatic carbocycles. The highest BCUT2D eigenvalue weighted by molar-refractivity contribution is 7.92. The molecule has 0 radical (unpaired) electrons. The van der Waals surface area contributed by atoms with Crippen molar-refractivity contribution in [3.05, 3.63) is 95.5 Å². The minimum Gasteiger partial charge on any atom is -0.352 e. The van der Waals surface area contributed by atoms with Crippen molar-refractivity contribution in [2.24, 2.45) is 0 Å². The van der Waals surface area contributed by atoms with Crippen molar-refractivity contribution in [1.82, 2.24) is 10.2 Å². The normalized spacial score (nSPS) is 14.8. The summed E-state index contributed by atoms with van der Waals surface area (Å²) in [5.41, 5.74) is 1.14. The molecule has 0 heterocycles. The molecule has 1 fully saturated rings. The van der Waals surface area contributed by atoms with Crippen LogP contribution in [0.2, 0.25) is 5.02 Å². The van der Waals surface area contributed by atoms with Gasteiger partial charge in [-0.2, -0.15) is 0 Å². The largest absolute Gasteiger partial charge is 0.352 e. The van der Waals surface area contributed by atoms with E-state index in [0.29, 0.717) is 10.7 Å². The highest BCUT2D eigenvalue weighted by Crippen LogP contribution is 2.26. The third-order valence-corrected chi connectivity index (χ3v) is 9.08. The lowest BCUT2D eigenvalue weighted by Gasteiger charge is -2.33. The summed E-state index contributed by atoms with van der Waals surface area (Å²) in [6.45, 7) is 1.38. The molecule has 0 aliphatic heterocycles. The van der Waals surface area contributed by atoms with Crippen molar-refractivity contribution in [3.63, 3.8) is 0 Å². The maximum Gasteiger partial charge on any atom is 0.264 e. The van der Waals surface area contributed by atoms with E-state index in [2.05, 4.69) is 5.32 Å². The summed E-state index contributed by atoms with van der Waals surface area (Å²) in [7, 11) is -4.09. The number of benzene rings is 3. The number of nitrogens with zero attached hydrogens (tertiary/aromatic N) is 2. The Kier molecular flexibility index (Phi) is 9.64. The van der Waals surface area contributed by atoms with Crippen molar-refractivity contribution < 1.29 is 18.0 Å². The van der Waals surface area contributed by atoms with Crippen LogP contribution in [0.5, 0.6) is 0 Å². The third-order valence-electron chi connectivity index (χ3n) is 7.04. The Morgan fingerprint density at radius 3 is 2.10 bits per heavy atom. The van der Waals surface area contributed by atoms with E-state index < -0.39 is 28.5 Å². The van der Waals surface area contributed by atoms with E-state index in [0.717, 1.165) is 42.0 Å². The number of rotatable bonds is 10. The predicted octanol–water partition coefficient (Wildman–Crippen LogP) is 5.40. The van der Waals surface area contributed by atoms with Crippen LogP contribution in [-0.2, 0) is 26.2 Å². The minimum atomic E-state index is -4.09. The number of carbonyl (C=O) groups excluding carboxylic acids is 2. The highest BCUT2D eigenvalue weighted by Gasteiger charge is 2.33. The van der Waals surface area contributed by atoms with Gasteiger partial charge in [0.2, 0.25) is 11.8 Å². The molecule has 0 aromatic heterocycles. The molecule has 39 heavy (non-hydrogen) atoms. The molecule has 1 aliphatic carbocycles. The highest BCUT2D eigenvalue weighted by atomic mass is 35.5. The zero-order chi connectivity index (χ0) is 27.8. The Bertz CT molecular complexity index is 1350. The first-order valence-electron chi connectivity index (χ1n) is 13.2. The van der Waals surface area contributed by atoms with Crippen LogP contribution in [0.15, 0.2) is 89.8 Å². The maximum absolute atomic E-state index is 13.9. The fourth-order valence-corrected chi connectivity index (χ4v) is 6.35. The lowest BCUT2D eigenvalue weighted by Crippen LogP contribution is -2.53. The Morgan fingerprint density at radius 1 is 0.897 bits per heavy atom. The molecule has 7 nitrogen and oxygen atoms in total. The van der Waals surface area contributed by atoms with E-state index in [9.17, 15) is 18.0 Å². The third kappa shape index (κ3) is 7.40. The van der Waals surface area contributed by atoms with E-state index in [1.54, 1.807) is 49.4 Å². The zero-order valence-corrected chi connectivity index (χ0v) is 23.6. The number of nitrogens with one attached hydrogen (secondary N) is 1. The number of amides is 2. The molecular formula is C30H34ClN3O4S. The van der Waals surface area contributed by atoms with Gasteiger partial charge in [0.1, 0.15) is 12.6 Å². The molecule has 0 bridgehead atoms. The van der Waals surface area contributed by atoms with Crippen LogP contribution in [0.4, 0.5) is 5.69 Å². The second-order valence-corrected chi connectivity index (χ2v) is 12.1. The van der Waals surface area contributed by atoms with E-state index in [-0.39, 0.29) is 23.4 Å². The summed E-state index contributed by atoms with van der Waals surface area (Å²) in [5, 5.41) is 3.55. The summed E-state index contributed by atoms with van der Waals surface area (Å²) in [6.07, 6.45) is 5.14. The molecule has 0 unspecified atom stereocenters. The number of halogens is 1. The van der Waals surface area contributed by atoms with Gasteiger partial charge >= 0.3 is 0 Å². The second-order valence-electron chi connectivity index (χ2n) is 9.83. The molecule has 1 N–H and O–H groups in total. The van der Waals surface area contributed by atoms with Crippen LogP contribution in [0, 0.1) is 0 Å². The number of anilines is 1. The Labute approximate surface area is 235 Å². The van der Waals surface area contributed by atoms with Gasteiger partial charge in [0.05, 0.1) is 10.6 Å². The Morgan fingerprint density at radius 2 is 1.49 bits per heavy atom. The van der Waals surface area contributed by atoms with E-state index in [1.807, 2.05) is 30.3 Å². The fourth-order valence-electron chi connectivity index (χ4n) is 4.79. The van der Waals surface area contributed by atoms with Crippen molar-refractivity contribution in [1.29, 1.82) is 0 Å². The molecule has 2 amide bonds. The average Bonchev–Trinajstić information content (AvgIpc) is 2.96. The quantitative estimate of drug-likeness (QED) is 0.355. The van der Waals surface area contributed by atoms with Gasteiger partial charge < -0.3 is 10.2 Å². The van der Waals surface area contributed by atoms with Crippen molar-refractivity contribution in [3.8, 4) is 0 Å². The molecule has 3 aromatic rings. The van der Waals surface area contributed by atoms with Gasteiger partial charge in [-0.25, -0.2) is 8.42 Å². The van der Waals surface area contributed by atoms with E-state index >= 15 is 0 Å². The van der Waals surface area contributed by atoms with Crippen LogP contribution in [0.1, 0.15) is 44.6 Å². The fraction of sp³-hybridized carbons (Fsp3) is 0.333. The summed E-state index contributed by atoms with van der Waals surface area (Å²) in [5.74, 6) is -0.727. The van der Waals surface area contributed by atoms with Gasteiger partial charge in [-0.05, 0) is 61.7 Å². The van der Waals surface area contributed by atoms with Crippen LogP contribution in [0.25, 0.3) is 0 Å². The Hall–Kier alpha value is -3.36. The average molecular weight is 568 g/mol. The van der Waals surface area contributed by atoms with Gasteiger partial charge in [-0.3, -0.25) is 13.9 Å². The summed E-state index contributed by atoms with van der Waals surface area (Å²) < 4.78 is 28.6. The zero-order valence-electron chi connectivity index (χ0n) is 22.0.